The lowest BCUT2D eigenvalue weighted by Gasteiger charge is -2.17. The van der Waals surface area contributed by atoms with E-state index in [0.717, 1.165) is 22.9 Å². The Labute approximate surface area is 162 Å². The highest BCUT2D eigenvalue weighted by Gasteiger charge is 2.15. The highest BCUT2D eigenvalue weighted by atomic mass is 35.5. The van der Waals surface area contributed by atoms with Crippen LogP contribution in [0.2, 0.25) is 5.02 Å². The molecule has 0 aliphatic carbocycles. The molecule has 27 heavy (non-hydrogen) atoms. The van der Waals surface area contributed by atoms with Crippen molar-refractivity contribution in [3.8, 4) is 0 Å². The Morgan fingerprint density at radius 1 is 1.15 bits per heavy atom. The van der Waals surface area contributed by atoms with E-state index >= 15 is 0 Å². The van der Waals surface area contributed by atoms with Gasteiger partial charge in [0.05, 0.1) is 11.6 Å². The van der Waals surface area contributed by atoms with Gasteiger partial charge in [-0.25, -0.2) is 0 Å². The fourth-order valence-corrected chi connectivity index (χ4v) is 3.02. The van der Waals surface area contributed by atoms with Crippen molar-refractivity contribution < 1.29 is 9.59 Å². The molecule has 2 amide bonds. The Morgan fingerprint density at radius 2 is 1.89 bits per heavy atom. The maximum Gasteiger partial charge on any atom is 0.272 e. The third-order valence-electron chi connectivity index (χ3n) is 4.34. The molecule has 7 heteroatoms. The Morgan fingerprint density at radius 3 is 2.63 bits per heavy atom. The molecule has 0 saturated heterocycles. The predicted octanol–water partition coefficient (Wildman–Crippen LogP) is 3.60. The molecule has 1 atom stereocenters. The van der Waals surface area contributed by atoms with Crippen molar-refractivity contribution in [1.29, 1.82) is 0 Å². The molecule has 3 N–H and O–H groups in total. The molecular weight excluding hydrogens is 364 g/mol. The van der Waals surface area contributed by atoms with E-state index in [1.807, 2.05) is 43.3 Å². The molecule has 3 aromatic rings. The van der Waals surface area contributed by atoms with E-state index in [-0.39, 0.29) is 30.8 Å². The minimum absolute atomic E-state index is 0.0826. The summed E-state index contributed by atoms with van der Waals surface area (Å²) in [5, 5.41) is 14.0. The zero-order valence-corrected chi connectivity index (χ0v) is 15.7. The van der Waals surface area contributed by atoms with Crippen molar-refractivity contribution in [1.82, 2.24) is 20.8 Å². The Kier molecular flexibility index (Phi) is 6.08. The van der Waals surface area contributed by atoms with E-state index in [0.29, 0.717) is 10.7 Å². The summed E-state index contributed by atoms with van der Waals surface area (Å²) < 4.78 is 0. The van der Waals surface area contributed by atoms with Gasteiger partial charge in [-0.2, -0.15) is 5.10 Å². The standard InChI is InChI=1S/C20H21ClN4O2/c1-2-16(13-7-9-14(21)10-8-13)23-18(26)11-12-22-20(27)19-15-5-3-4-6-17(15)24-25-19/h3-10,16H,2,11-12H2,1H3,(H,22,27)(H,23,26)(H,24,25). The number of hydrogen-bond acceptors (Lipinski definition) is 3. The highest BCUT2D eigenvalue weighted by molar-refractivity contribution is 6.30. The molecular formula is C20H21ClN4O2. The van der Waals surface area contributed by atoms with E-state index in [1.165, 1.54) is 0 Å². The third kappa shape index (κ3) is 4.65. The molecule has 0 radical (unpaired) electrons. The van der Waals surface area contributed by atoms with Crippen LogP contribution < -0.4 is 10.6 Å². The summed E-state index contributed by atoms with van der Waals surface area (Å²) in [6.45, 7) is 2.24. The first-order chi connectivity index (χ1) is 13.1. The number of para-hydroxylation sites is 1. The molecule has 1 unspecified atom stereocenters. The van der Waals surface area contributed by atoms with E-state index in [4.69, 9.17) is 11.6 Å². The molecule has 1 heterocycles. The van der Waals surface area contributed by atoms with Gasteiger partial charge in [-0.05, 0) is 30.2 Å². The molecule has 1 aromatic heterocycles. The molecule has 0 saturated carbocycles. The average Bonchev–Trinajstić information content (AvgIpc) is 3.11. The summed E-state index contributed by atoms with van der Waals surface area (Å²) in [6, 6.07) is 14.7. The Bertz CT molecular complexity index is 937. The quantitative estimate of drug-likeness (QED) is 0.581. The van der Waals surface area contributed by atoms with Crippen LogP contribution in [0.5, 0.6) is 0 Å². The largest absolute Gasteiger partial charge is 0.350 e. The van der Waals surface area contributed by atoms with Crippen LogP contribution in [0.3, 0.4) is 0 Å². The van der Waals surface area contributed by atoms with Crippen LogP contribution in [-0.2, 0) is 4.79 Å². The van der Waals surface area contributed by atoms with E-state index in [2.05, 4.69) is 20.8 Å². The Balaban J connectivity index is 1.51. The summed E-state index contributed by atoms with van der Waals surface area (Å²) in [6.07, 6.45) is 0.956. The first-order valence-corrected chi connectivity index (χ1v) is 9.22. The maximum atomic E-state index is 12.3. The monoisotopic (exact) mass is 384 g/mol. The fraction of sp³-hybridized carbons (Fsp3) is 0.250. The van der Waals surface area contributed by atoms with Crippen molar-refractivity contribution in [2.24, 2.45) is 0 Å². The second-order valence-electron chi connectivity index (χ2n) is 6.20. The highest BCUT2D eigenvalue weighted by Crippen LogP contribution is 2.19. The van der Waals surface area contributed by atoms with Crippen LogP contribution in [0.1, 0.15) is 41.9 Å². The van der Waals surface area contributed by atoms with Crippen LogP contribution in [0.25, 0.3) is 10.9 Å². The van der Waals surface area contributed by atoms with Gasteiger partial charge in [0.15, 0.2) is 5.69 Å². The molecule has 2 aromatic carbocycles. The number of H-pyrrole nitrogens is 1. The summed E-state index contributed by atoms with van der Waals surface area (Å²) in [5.74, 6) is -0.422. The van der Waals surface area contributed by atoms with E-state index in [9.17, 15) is 9.59 Å². The lowest BCUT2D eigenvalue weighted by Crippen LogP contribution is -2.33. The zero-order valence-electron chi connectivity index (χ0n) is 15.0. The number of nitrogens with one attached hydrogen (secondary N) is 3. The van der Waals surface area contributed by atoms with Gasteiger partial charge in [-0.15, -0.1) is 0 Å². The normalized spacial score (nSPS) is 11.9. The molecule has 0 spiro atoms. The van der Waals surface area contributed by atoms with Crippen molar-refractivity contribution in [2.45, 2.75) is 25.8 Å². The van der Waals surface area contributed by atoms with Crippen molar-refractivity contribution >= 4 is 34.3 Å². The van der Waals surface area contributed by atoms with Gasteiger partial charge in [0.25, 0.3) is 5.91 Å². The number of hydrogen-bond donors (Lipinski definition) is 3. The number of rotatable bonds is 7. The molecule has 6 nitrogen and oxygen atoms in total. The molecule has 0 aliphatic rings. The number of fused-ring (bicyclic) bond motifs is 1. The molecule has 3 rings (SSSR count). The number of halogens is 1. The van der Waals surface area contributed by atoms with Crippen LogP contribution >= 0.6 is 11.6 Å². The smallest absolute Gasteiger partial charge is 0.272 e. The van der Waals surface area contributed by atoms with Crippen molar-refractivity contribution in [3.05, 3.63) is 64.8 Å². The van der Waals surface area contributed by atoms with E-state index in [1.54, 1.807) is 12.1 Å². The summed E-state index contributed by atoms with van der Waals surface area (Å²) in [4.78, 5) is 24.5. The van der Waals surface area contributed by atoms with Crippen LogP contribution in [0.15, 0.2) is 48.5 Å². The third-order valence-corrected chi connectivity index (χ3v) is 4.59. The average molecular weight is 385 g/mol. The number of aromatic amines is 1. The number of amides is 2. The minimum Gasteiger partial charge on any atom is -0.350 e. The van der Waals surface area contributed by atoms with Crippen LogP contribution in [0, 0.1) is 0 Å². The first-order valence-electron chi connectivity index (χ1n) is 8.84. The van der Waals surface area contributed by atoms with Gasteiger partial charge in [-0.3, -0.25) is 14.7 Å². The maximum absolute atomic E-state index is 12.3. The van der Waals surface area contributed by atoms with Crippen molar-refractivity contribution in [2.75, 3.05) is 6.54 Å². The topological polar surface area (TPSA) is 86.9 Å². The van der Waals surface area contributed by atoms with Gasteiger partial charge in [0.2, 0.25) is 5.91 Å². The summed E-state index contributed by atoms with van der Waals surface area (Å²) in [5.41, 5.74) is 2.13. The predicted molar refractivity (Wildman–Crippen MR) is 106 cm³/mol. The second kappa shape index (κ2) is 8.68. The Hall–Kier alpha value is -2.86. The SMILES string of the molecule is CCC(NC(=O)CCNC(=O)c1n[nH]c2ccccc12)c1ccc(Cl)cc1. The number of benzene rings is 2. The zero-order chi connectivity index (χ0) is 19.2. The summed E-state index contributed by atoms with van der Waals surface area (Å²) >= 11 is 5.91. The van der Waals surface area contributed by atoms with Gasteiger partial charge >= 0.3 is 0 Å². The van der Waals surface area contributed by atoms with Gasteiger partial charge < -0.3 is 10.6 Å². The first kappa shape index (κ1) is 18.9. The minimum atomic E-state index is -0.301. The van der Waals surface area contributed by atoms with Gasteiger partial charge in [-0.1, -0.05) is 48.9 Å². The second-order valence-corrected chi connectivity index (χ2v) is 6.64. The molecule has 0 fully saturated rings. The lowest BCUT2D eigenvalue weighted by atomic mass is 10.0. The molecule has 0 bridgehead atoms. The molecule has 140 valence electrons. The molecule has 0 aliphatic heterocycles. The lowest BCUT2D eigenvalue weighted by molar-refractivity contribution is -0.121. The van der Waals surface area contributed by atoms with Crippen LogP contribution in [-0.4, -0.2) is 28.6 Å². The van der Waals surface area contributed by atoms with Gasteiger partial charge in [0, 0.05) is 23.4 Å². The number of carbonyl (C=O) groups is 2. The van der Waals surface area contributed by atoms with E-state index < -0.39 is 0 Å². The number of nitrogens with zero attached hydrogens (tertiary/aromatic N) is 1. The fourth-order valence-electron chi connectivity index (χ4n) is 2.89. The summed E-state index contributed by atoms with van der Waals surface area (Å²) in [7, 11) is 0. The van der Waals surface area contributed by atoms with Crippen LogP contribution in [0.4, 0.5) is 0 Å². The van der Waals surface area contributed by atoms with Crippen molar-refractivity contribution in [3.63, 3.8) is 0 Å². The number of aromatic nitrogens is 2. The van der Waals surface area contributed by atoms with Gasteiger partial charge in [0.1, 0.15) is 0 Å². The number of carbonyl (C=O) groups excluding carboxylic acids is 2.